The van der Waals surface area contributed by atoms with Gasteiger partial charge in [-0.25, -0.2) is 0 Å². The van der Waals surface area contributed by atoms with Gasteiger partial charge in [-0.1, -0.05) is 24.3 Å². The topological polar surface area (TPSA) is 17.8 Å². The van der Waals surface area contributed by atoms with Crippen LogP contribution >= 0.6 is 0 Å². The highest BCUT2D eigenvalue weighted by Crippen LogP contribution is 2.20. The van der Waals surface area contributed by atoms with E-state index in [1.165, 1.54) is 27.8 Å². The molecule has 0 amide bonds. The second kappa shape index (κ2) is 4.54. The number of nitrogens with zero attached hydrogens (tertiary/aromatic N) is 2. The highest BCUT2D eigenvalue weighted by atomic mass is 15.0. The van der Waals surface area contributed by atoms with Crippen molar-refractivity contribution in [3.63, 3.8) is 0 Å². The molecule has 96 valence electrons. The summed E-state index contributed by atoms with van der Waals surface area (Å²) in [6, 6.07) is 10.5. The molecular weight excluding hydrogens is 232 g/mol. The maximum absolute atomic E-state index is 4.52. The van der Waals surface area contributed by atoms with Crippen molar-refractivity contribution in [2.75, 3.05) is 0 Å². The van der Waals surface area contributed by atoms with Crippen LogP contribution in [0.5, 0.6) is 0 Å². The first-order valence-corrected chi connectivity index (χ1v) is 6.62. The smallest absolute Gasteiger partial charge is 0.0751 e. The van der Waals surface area contributed by atoms with Crippen molar-refractivity contribution in [3.05, 3.63) is 65.1 Å². The van der Waals surface area contributed by atoms with Gasteiger partial charge in [-0.2, -0.15) is 0 Å². The van der Waals surface area contributed by atoms with Gasteiger partial charge in [-0.15, -0.1) is 0 Å². The average Bonchev–Trinajstić information content (AvgIpc) is 2.67. The van der Waals surface area contributed by atoms with Gasteiger partial charge in [0.2, 0.25) is 0 Å². The van der Waals surface area contributed by atoms with Crippen LogP contribution in [-0.4, -0.2) is 9.55 Å². The molecule has 3 rings (SSSR count). The molecule has 0 fully saturated rings. The van der Waals surface area contributed by atoms with Crippen LogP contribution < -0.4 is 0 Å². The van der Waals surface area contributed by atoms with Gasteiger partial charge in [-0.05, 0) is 43.5 Å². The normalized spacial score (nSPS) is 11.1. The zero-order valence-corrected chi connectivity index (χ0v) is 11.6. The van der Waals surface area contributed by atoms with E-state index in [9.17, 15) is 0 Å². The Morgan fingerprint density at radius 2 is 1.84 bits per heavy atom. The van der Waals surface area contributed by atoms with Gasteiger partial charge < -0.3 is 4.57 Å². The van der Waals surface area contributed by atoms with Crippen LogP contribution in [0.2, 0.25) is 0 Å². The molecule has 0 aliphatic carbocycles. The fraction of sp³-hybridized carbons (Fsp3) is 0.235. The SMILES string of the molecule is Cc1cn(Cc2cccc3cccnc23)c(C)c1C. The molecule has 0 aliphatic heterocycles. The first-order valence-electron chi connectivity index (χ1n) is 6.62. The quantitative estimate of drug-likeness (QED) is 0.672. The van der Waals surface area contributed by atoms with Crippen LogP contribution in [0, 0.1) is 20.8 Å². The Morgan fingerprint density at radius 1 is 1.05 bits per heavy atom. The molecule has 0 bridgehead atoms. The molecule has 0 radical (unpaired) electrons. The molecule has 0 N–H and O–H groups in total. The minimum Gasteiger partial charge on any atom is -0.347 e. The van der Waals surface area contributed by atoms with Gasteiger partial charge in [-0.3, -0.25) is 4.98 Å². The minimum absolute atomic E-state index is 0.884. The van der Waals surface area contributed by atoms with E-state index in [4.69, 9.17) is 0 Å². The summed E-state index contributed by atoms with van der Waals surface area (Å²) in [7, 11) is 0. The maximum Gasteiger partial charge on any atom is 0.0751 e. The van der Waals surface area contributed by atoms with Gasteiger partial charge in [0.1, 0.15) is 0 Å². The van der Waals surface area contributed by atoms with Gasteiger partial charge in [0.05, 0.1) is 5.52 Å². The highest BCUT2D eigenvalue weighted by molar-refractivity contribution is 5.81. The first-order chi connectivity index (χ1) is 9.16. The molecule has 0 saturated heterocycles. The molecule has 19 heavy (non-hydrogen) atoms. The van der Waals surface area contributed by atoms with Crippen molar-refractivity contribution >= 4 is 10.9 Å². The lowest BCUT2D eigenvalue weighted by Crippen LogP contribution is -2.01. The van der Waals surface area contributed by atoms with Gasteiger partial charge >= 0.3 is 0 Å². The van der Waals surface area contributed by atoms with Crippen LogP contribution in [0.4, 0.5) is 0 Å². The molecule has 2 heteroatoms. The van der Waals surface area contributed by atoms with Crippen molar-refractivity contribution < 1.29 is 0 Å². The van der Waals surface area contributed by atoms with E-state index in [-0.39, 0.29) is 0 Å². The van der Waals surface area contributed by atoms with Crippen molar-refractivity contribution in [2.24, 2.45) is 0 Å². The molecule has 0 aliphatic rings. The molecule has 1 aromatic carbocycles. The summed E-state index contributed by atoms with van der Waals surface area (Å²) in [5, 5.41) is 1.21. The highest BCUT2D eigenvalue weighted by Gasteiger charge is 2.08. The average molecular weight is 250 g/mol. The van der Waals surface area contributed by atoms with E-state index in [1.54, 1.807) is 0 Å². The zero-order valence-electron chi connectivity index (χ0n) is 11.6. The maximum atomic E-state index is 4.52. The van der Waals surface area contributed by atoms with Gasteiger partial charge in [0.15, 0.2) is 0 Å². The largest absolute Gasteiger partial charge is 0.347 e. The lowest BCUT2D eigenvalue weighted by molar-refractivity contribution is 0.776. The van der Waals surface area contributed by atoms with Crippen molar-refractivity contribution in [2.45, 2.75) is 27.3 Å². The number of fused-ring (bicyclic) bond motifs is 1. The molecule has 3 aromatic rings. The lowest BCUT2D eigenvalue weighted by atomic mass is 10.1. The molecule has 0 unspecified atom stereocenters. The van der Waals surface area contributed by atoms with Crippen LogP contribution in [0.15, 0.2) is 42.7 Å². The number of aryl methyl sites for hydroxylation is 1. The van der Waals surface area contributed by atoms with Gasteiger partial charge in [0, 0.05) is 30.0 Å². The molecule has 0 saturated carbocycles. The molecular formula is C17H18N2. The predicted octanol–water partition coefficient (Wildman–Crippen LogP) is 4.01. The Hall–Kier alpha value is -2.09. The summed E-state index contributed by atoms with van der Waals surface area (Å²) < 4.78 is 2.31. The number of rotatable bonds is 2. The van der Waals surface area contributed by atoms with Crippen LogP contribution in [0.25, 0.3) is 10.9 Å². The lowest BCUT2D eigenvalue weighted by Gasteiger charge is -2.09. The number of hydrogen-bond acceptors (Lipinski definition) is 1. The third-order valence-electron chi connectivity index (χ3n) is 3.97. The number of hydrogen-bond donors (Lipinski definition) is 0. The third-order valence-corrected chi connectivity index (χ3v) is 3.97. The van der Waals surface area contributed by atoms with E-state index in [2.05, 4.69) is 60.8 Å². The van der Waals surface area contributed by atoms with E-state index < -0.39 is 0 Å². The number of aromatic nitrogens is 2. The van der Waals surface area contributed by atoms with Gasteiger partial charge in [0.25, 0.3) is 0 Å². The molecule has 0 spiro atoms. The summed E-state index contributed by atoms with van der Waals surface area (Å²) in [5.74, 6) is 0. The molecule has 2 nitrogen and oxygen atoms in total. The minimum atomic E-state index is 0.884. The van der Waals surface area contributed by atoms with E-state index in [0.717, 1.165) is 12.1 Å². The third kappa shape index (κ3) is 2.03. The van der Waals surface area contributed by atoms with E-state index in [1.807, 2.05) is 12.3 Å². The summed E-state index contributed by atoms with van der Waals surface area (Å²) in [5.41, 5.74) is 6.45. The summed E-state index contributed by atoms with van der Waals surface area (Å²) >= 11 is 0. The Balaban J connectivity index is 2.08. The number of benzene rings is 1. The summed E-state index contributed by atoms with van der Waals surface area (Å²) in [6.45, 7) is 7.42. The fourth-order valence-corrected chi connectivity index (χ4v) is 2.57. The fourth-order valence-electron chi connectivity index (χ4n) is 2.57. The Kier molecular flexibility index (Phi) is 2.86. The van der Waals surface area contributed by atoms with Crippen LogP contribution in [0.1, 0.15) is 22.4 Å². The van der Waals surface area contributed by atoms with Crippen molar-refractivity contribution in [3.8, 4) is 0 Å². The monoisotopic (exact) mass is 250 g/mol. The number of para-hydroxylation sites is 1. The second-order valence-electron chi connectivity index (χ2n) is 5.14. The summed E-state index contributed by atoms with van der Waals surface area (Å²) in [4.78, 5) is 4.52. The zero-order chi connectivity index (χ0) is 13.4. The molecule has 2 heterocycles. The molecule has 0 atom stereocenters. The van der Waals surface area contributed by atoms with E-state index in [0.29, 0.717) is 0 Å². The van der Waals surface area contributed by atoms with Crippen molar-refractivity contribution in [1.82, 2.24) is 9.55 Å². The number of pyridine rings is 1. The Bertz CT molecular complexity index is 733. The standard InChI is InChI=1S/C17H18N2/c1-12-10-19(14(3)13(12)2)11-16-7-4-6-15-8-5-9-18-17(15)16/h4-10H,11H2,1-3H3. The van der Waals surface area contributed by atoms with Crippen LogP contribution in [-0.2, 0) is 6.54 Å². The molecule has 2 aromatic heterocycles. The predicted molar refractivity (Wildman–Crippen MR) is 79.5 cm³/mol. The van der Waals surface area contributed by atoms with E-state index >= 15 is 0 Å². The Labute approximate surface area is 113 Å². The van der Waals surface area contributed by atoms with Crippen molar-refractivity contribution in [1.29, 1.82) is 0 Å². The second-order valence-corrected chi connectivity index (χ2v) is 5.14. The van der Waals surface area contributed by atoms with Crippen LogP contribution in [0.3, 0.4) is 0 Å². The first kappa shape index (κ1) is 12.0. The summed E-state index contributed by atoms with van der Waals surface area (Å²) in [6.07, 6.45) is 4.09. The Morgan fingerprint density at radius 3 is 2.58 bits per heavy atom.